The van der Waals surface area contributed by atoms with Crippen molar-refractivity contribution in [1.29, 1.82) is 0 Å². The molecule has 1 atom stereocenters. The van der Waals surface area contributed by atoms with E-state index in [2.05, 4.69) is 0 Å². The van der Waals surface area contributed by atoms with Gasteiger partial charge in [0.2, 0.25) is 10.0 Å². The number of carbonyl (C=O) groups excluding carboxylic acids is 1. The maximum absolute atomic E-state index is 13.2. The number of piperidine rings is 1. The summed E-state index contributed by atoms with van der Waals surface area (Å²) in [4.78, 5) is 11.7. The summed E-state index contributed by atoms with van der Waals surface area (Å²) in [5.74, 6) is -1.54. The molecule has 0 aliphatic carbocycles. The summed E-state index contributed by atoms with van der Waals surface area (Å²) in [7, 11) is -3.81. The molecule has 1 aliphatic heterocycles. The van der Waals surface area contributed by atoms with Crippen molar-refractivity contribution in [3.05, 3.63) is 29.0 Å². The average molecular weight is 350 g/mol. The molecule has 1 aromatic rings. The Balaban J connectivity index is 2.21. The van der Waals surface area contributed by atoms with Crippen LogP contribution in [0.25, 0.3) is 0 Å². The molecule has 22 heavy (non-hydrogen) atoms. The van der Waals surface area contributed by atoms with Crippen LogP contribution in [0.5, 0.6) is 0 Å². The number of halogens is 2. The highest BCUT2D eigenvalue weighted by molar-refractivity contribution is 7.89. The number of benzene rings is 1. The quantitative estimate of drug-likeness (QED) is 0.783. The van der Waals surface area contributed by atoms with Crippen LogP contribution in [0.4, 0.5) is 4.39 Å². The van der Waals surface area contributed by atoms with Crippen molar-refractivity contribution >= 4 is 27.6 Å². The van der Waals surface area contributed by atoms with E-state index < -0.39 is 21.8 Å². The number of ether oxygens (including phenoxy) is 1. The Kier molecular flexibility index (Phi) is 5.41. The maximum Gasteiger partial charge on any atom is 0.310 e. The first kappa shape index (κ1) is 17.2. The topological polar surface area (TPSA) is 63.7 Å². The third kappa shape index (κ3) is 3.59. The zero-order chi connectivity index (χ0) is 16.3. The lowest BCUT2D eigenvalue weighted by Crippen LogP contribution is -2.42. The summed E-state index contributed by atoms with van der Waals surface area (Å²) in [6.07, 6.45) is 1.16. The summed E-state index contributed by atoms with van der Waals surface area (Å²) < 4.78 is 44.5. The fourth-order valence-electron chi connectivity index (χ4n) is 2.40. The van der Waals surface area contributed by atoms with Crippen molar-refractivity contribution in [3.63, 3.8) is 0 Å². The first-order chi connectivity index (χ1) is 10.4. The van der Waals surface area contributed by atoms with Crippen LogP contribution >= 0.6 is 11.6 Å². The standard InChI is InChI=1S/C14H17ClFNO4S/c1-2-21-14(18)10-4-3-7-17(9-10)22(19,20)11-5-6-13(16)12(15)8-11/h5-6,8,10H,2-4,7,9H2,1H3/t10-/m1/s1. The van der Waals surface area contributed by atoms with Gasteiger partial charge in [-0.25, -0.2) is 12.8 Å². The molecule has 0 saturated carbocycles. The highest BCUT2D eigenvalue weighted by atomic mass is 35.5. The molecule has 0 bridgehead atoms. The fourth-order valence-corrected chi connectivity index (χ4v) is 4.20. The molecule has 0 aromatic heterocycles. The molecule has 0 amide bonds. The van der Waals surface area contributed by atoms with Gasteiger partial charge in [0, 0.05) is 13.1 Å². The molecule has 0 N–H and O–H groups in total. The molecule has 1 saturated heterocycles. The minimum atomic E-state index is -3.81. The molecule has 1 aliphatic rings. The maximum atomic E-state index is 13.2. The Morgan fingerprint density at radius 1 is 1.50 bits per heavy atom. The van der Waals surface area contributed by atoms with E-state index in [1.165, 1.54) is 10.4 Å². The van der Waals surface area contributed by atoms with Gasteiger partial charge in [-0.1, -0.05) is 11.6 Å². The first-order valence-electron chi connectivity index (χ1n) is 6.98. The zero-order valence-corrected chi connectivity index (χ0v) is 13.7. The molecule has 1 fully saturated rings. The van der Waals surface area contributed by atoms with Gasteiger partial charge in [-0.15, -0.1) is 0 Å². The Morgan fingerprint density at radius 2 is 2.23 bits per heavy atom. The second-order valence-corrected chi connectivity index (χ2v) is 7.38. The van der Waals surface area contributed by atoms with Crippen molar-refractivity contribution in [2.24, 2.45) is 5.92 Å². The van der Waals surface area contributed by atoms with E-state index in [0.717, 1.165) is 12.1 Å². The van der Waals surface area contributed by atoms with Crippen molar-refractivity contribution in [2.45, 2.75) is 24.7 Å². The lowest BCUT2D eigenvalue weighted by atomic mass is 10.0. The van der Waals surface area contributed by atoms with E-state index in [-0.39, 0.29) is 29.0 Å². The van der Waals surface area contributed by atoms with E-state index in [1.54, 1.807) is 6.92 Å². The Labute approximate surface area is 134 Å². The molecule has 1 aromatic carbocycles. The van der Waals surface area contributed by atoms with Gasteiger partial charge in [-0.2, -0.15) is 4.31 Å². The number of rotatable bonds is 4. The zero-order valence-electron chi connectivity index (χ0n) is 12.1. The largest absolute Gasteiger partial charge is 0.466 e. The molecule has 122 valence electrons. The number of hydrogen-bond donors (Lipinski definition) is 0. The molecular weight excluding hydrogens is 333 g/mol. The predicted octanol–water partition coefficient (Wildman–Crippen LogP) is 2.44. The van der Waals surface area contributed by atoms with Gasteiger partial charge in [-0.05, 0) is 38.0 Å². The van der Waals surface area contributed by atoms with E-state index in [9.17, 15) is 17.6 Å². The van der Waals surface area contributed by atoms with E-state index in [4.69, 9.17) is 16.3 Å². The van der Waals surface area contributed by atoms with E-state index in [1.807, 2.05) is 0 Å². The molecule has 0 spiro atoms. The Morgan fingerprint density at radius 3 is 2.86 bits per heavy atom. The van der Waals surface area contributed by atoms with Gasteiger partial charge in [0.15, 0.2) is 0 Å². The van der Waals surface area contributed by atoms with Gasteiger partial charge in [-0.3, -0.25) is 4.79 Å². The number of sulfonamides is 1. The normalized spacial score (nSPS) is 19.9. The first-order valence-corrected chi connectivity index (χ1v) is 8.80. The van der Waals surface area contributed by atoms with Gasteiger partial charge >= 0.3 is 5.97 Å². The van der Waals surface area contributed by atoms with Gasteiger partial charge < -0.3 is 4.74 Å². The lowest BCUT2D eigenvalue weighted by Gasteiger charge is -2.30. The number of nitrogens with zero attached hydrogens (tertiary/aromatic N) is 1. The summed E-state index contributed by atoms with van der Waals surface area (Å²) in [5.41, 5.74) is 0. The van der Waals surface area contributed by atoms with Crippen LogP contribution in [-0.2, 0) is 19.6 Å². The average Bonchev–Trinajstić information content (AvgIpc) is 2.50. The van der Waals surface area contributed by atoms with Gasteiger partial charge in [0.05, 0.1) is 22.4 Å². The highest BCUT2D eigenvalue weighted by Crippen LogP contribution is 2.26. The van der Waals surface area contributed by atoms with Crippen LogP contribution in [0.15, 0.2) is 23.1 Å². The van der Waals surface area contributed by atoms with E-state index >= 15 is 0 Å². The summed E-state index contributed by atoms with van der Waals surface area (Å²) >= 11 is 5.65. The predicted molar refractivity (Wildman–Crippen MR) is 79.5 cm³/mol. The number of esters is 1. The van der Waals surface area contributed by atoms with Crippen molar-refractivity contribution in [2.75, 3.05) is 19.7 Å². The summed E-state index contributed by atoms with van der Waals surface area (Å²) in [6.45, 7) is 2.34. The fraction of sp³-hybridized carbons (Fsp3) is 0.500. The molecule has 0 radical (unpaired) electrons. The Hall–Kier alpha value is -1.18. The van der Waals surface area contributed by atoms with Crippen molar-refractivity contribution in [1.82, 2.24) is 4.31 Å². The third-order valence-electron chi connectivity index (χ3n) is 3.53. The second kappa shape index (κ2) is 6.93. The summed E-state index contributed by atoms with van der Waals surface area (Å²) in [6, 6.07) is 3.27. The minimum Gasteiger partial charge on any atom is -0.466 e. The Bertz CT molecular complexity index is 665. The van der Waals surface area contributed by atoms with Gasteiger partial charge in [0.25, 0.3) is 0 Å². The molecule has 5 nitrogen and oxygen atoms in total. The lowest BCUT2D eigenvalue weighted by molar-refractivity contribution is -0.149. The van der Waals surface area contributed by atoms with Crippen LogP contribution in [0.3, 0.4) is 0 Å². The summed E-state index contributed by atoms with van der Waals surface area (Å²) in [5, 5.41) is -0.250. The molecular formula is C14H17ClFNO4S. The molecule has 2 rings (SSSR count). The molecule has 0 unspecified atom stereocenters. The SMILES string of the molecule is CCOC(=O)[C@@H]1CCCN(S(=O)(=O)c2ccc(F)c(Cl)c2)C1. The number of carbonyl (C=O) groups is 1. The van der Waals surface area contributed by atoms with Crippen LogP contribution in [0, 0.1) is 11.7 Å². The van der Waals surface area contributed by atoms with Crippen LogP contribution in [0.1, 0.15) is 19.8 Å². The molecule has 8 heteroatoms. The van der Waals surface area contributed by atoms with Crippen LogP contribution < -0.4 is 0 Å². The van der Waals surface area contributed by atoms with Crippen LogP contribution in [-0.4, -0.2) is 38.4 Å². The van der Waals surface area contributed by atoms with E-state index in [0.29, 0.717) is 19.4 Å². The molecule has 1 heterocycles. The second-order valence-electron chi connectivity index (χ2n) is 5.03. The van der Waals surface area contributed by atoms with Gasteiger partial charge in [0.1, 0.15) is 5.82 Å². The minimum absolute atomic E-state index is 0.0656. The third-order valence-corrected chi connectivity index (χ3v) is 5.68. The smallest absolute Gasteiger partial charge is 0.310 e. The van der Waals surface area contributed by atoms with Crippen molar-refractivity contribution < 1.29 is 22.3 Å². The van der Waals surface area contributed by atoms with Crippen LogP contribution in [0.2, 0.25) is 5.02 Å². The van der Waals surface area contributed by atoms with Crippen molar-refractivity contribution in [3.8, 4) is 0 Å². The monoisotopic (exact) mass is 349 g/mol. The number of hydrogen-bond acceptors (Lipinski definition) is 4. The highest BCUT2D eigenvalue weighted by Gasteiger charge is 2.34.